The fourth-order valence-electron chi connectivity index (χ4n) is 2.17. The molecule has 1 aromatic carbocycles. The van der Waals surface area contributed by atoms with E-state index >= 15 is 0 Å². The van der Waals surface area contributed by atoms with Crippen molar-refractivity contribution in [1.82, 2.24) is 5.32 Å². The van der Waals surface area contributed by atoms with Crippen LogP contribution in [0.2, 0.25) is 0 Å². The van der Waals surface area contributed by atoms with Gasteiger partial charge in [-0.3, -0.25) is 0 Å². The van der Waals surface area contributed by atoms with Crippen LogP contribution >= 0.6 is 0 Å². The maximum absolute atomic E-state index is 11.4. The molecule has 1 aliphatic carbocycles. The third kappa shape index (κ3) is 4.91. The molecule has 2 N–H and O–H groups in total. The van der Waals surface area contributed by atoms with E-state index in [1.807, 2.05) is 30.3 Å². The molecule has 0 radical (unpaired) electrons. The number of carbonyl (C=O) groups is 1. The van der Waals surface area contributed by atoms with Crippen molar-refractivity contribution in [1.29, 1.82) is 0 Å². The number of carbonyl (C=O) groups excluding carboxylic acids is 1. The summed E-state index contributed by atoms with van der Waals surface area (Å²) in [4.78, 5) is 11.4. The van der Waals surface area contributed by atoms with Crippen molar-refractivity contribution in [2.45, 2.75) is 38.4 Å². The normalized spacial score (nSPS) is 16.5. The first kappa shape index (κ1) is 13.9. The zero-order chi connectivity index (χ0) is 13.5. The van der Waals surface area contributed by atoms with Crippen LogP contribution in [-0.4, -0.2) is 23.8 Å². The van der Waals surface area contributed by atoms with Gasteiger partial charge in [0.05, 0.1) is 6.10 Å². The van der Waals surface area contributed by atoms with Crippen molar-refractivity contribution in [2.75, 3.05) is 6.54 Å². The van der Waals surface area contributed by atoms with Crippen LogP contribution in [0.25, 0.3) is 0 Å². The van der Waals surface area contributed by atoms with Gasteiger partial charge in [0, 0.05) is 6.54 Å². The van der Waals surface area contributed by atoms with E-state index in [0.29, 0.717) is 5.92 Å². The van der Waals surface area contributed by atoms with Crippen LogP contribution in [0.1, 0.15) is 31.2 Å². The highest BCUT2D eigenvalue weighted by Gasteiger charge is 2.21. The Morgan fingerprint density at radius 3 is 2.74 bits per heavy atom. The lowest BCUT2D eigenvalue weighted by Crippen LogP contribution is -2.34. The van der Waals surface area contributed by atoms with Crippen molar-refractivity contribution >= 4 is 6.09 Å². The third-order valence-corrected chi connectivity index (χ3v) is 3.52. The second kappa shape index (κ2) is 7.14. The molecule has 2 rings (SSSR count). The minimum absolute atomic E-state index is 0.255. The van der Waals surface area contributed by atoms with Crippen molar-refractivity contribution in [2.24, 2.45) is 5.92 Å². The molecule has 0 saturated heterocycles. The molecule has 1 amide bonds. The van der Waals surface area contributed by atoms with Gasteiger partial charge in [-0.05, 0) is 17.9 Å². The highest BCUT2D eigenvalue weighted by atomic mass is 16.5. The Bertz CT molecular complexity index is 390. The molecule has 0 spiro atoms. The van der Waals surface area contributed by atoms with E-state index < -0.39 is 12.2 Å². The molecule has 1 saturated carbocycles. The highest BCUT2D eigenvalue weighted by Crippen LogP contribution is 2.30. The molecular formula is C15H21NO3. The summed E-state index contributed by atoms with van der Waals surface area (Å²) in [7, 11) is 0. The fraction of sp³-hybridized carbons (Fsp3) is 0.533. The number of aliphatic hydroxyl groups is 1. The summed E-state index contributed by atoms with van der Waals surface area (Å²) in [5.74, 6) is 0.636. The Morgan fingerprint density at radius 2 is 2.11 bits per heavy atom. The molecule has 1 aliphatic rings. The summed E-state index contributed by atoms with van der Waals surface area (Å²) in [6, 6.07) is 9.52. The van der Waals surface area contributed by atoms with Crippen molar-refractivity contribution in [3.8, 4) is 0 Å². The van der Waals surface area contributed by atoms with Gasteiger partial charge in [0.1, 0.15) is 6.61 Å². The molecule has 1 fully saturated rings. The van der Waals surface area contributed by atoms with Gasteiger partial charge in [-0.2, -0.15) is 0 Å². The lowest BCUT2D eigenvalue weighted by atomic mass is 9.81. The van der Waals surface area contributed by atoms with Crippen molar-refractivity contribution < 1.29 is 14.6 Å². The predicted octanol–water partition coefficient (Wildman–Crippen LogP) is 2.46. The molecule has 1 aromatic rings. The fourth-order valence-corrected chi connectivity index (χ4v) is 2.17. The van der Waals surface area contributed by atoms with Crippen LogP contribution < -0.4 is 5.32 Å². The van der Waals surface area contributed by atoms with Crippen LogP contribution in [-0.2, 0) is 11.3 Å². The number of alkyl carbamates (subject to hydrolysis) is 1. The van der Waals surface area contributed by atoms with Gasteiger partial charge in [-0.25, -0.2) is 4.79 Å². The summed E-state index contributed by atoms with van der Waals surface area (Å²) < 4.78 is 5.06. The summed E-state index contributed by atoms with van der Waals surface area (Å²) >= 11 is 0. The quantitative estimate of drug-likeness (QED) is 0.829. The van der Waals surface area contributed by atoms with Crippen LogP contribution in [0.4, 0.5) is 4.79 Å². The molecule has 1 unspecified atom stereocenters. The number of hydrogen-bond acceptors (Lipinski definition) is 3. The Balaban J connectivity index is 1.58. The van der Waals surface area contributed by atoms with Crippen LogP contribution in [0.15, 0.2) is 30.3 Å². The van der Waals surface area contributed by atoms with E-state index in [-0.39, 0.29) is 13.2 Å². The van der Waals surface area contributed by atoms with E-state index in [1.54, 1.807) is 0 Å². The molecule has 4 nitrogen and oxygen atoms in total. The molecule has 104 valence electrons. The molecule has 0 heterocycles. The maximum atomic E-state index is 11.4. The van der Waals surface area contributed by atoms with Gasteiger partial charge in [0.15, 0.2) is 0 Å². The molecule has 1 atom stereocenters. The van der Waals surface area contributed by atoms with Gasteiger partial charge in [-0.15, -0.1) is 0 Å². The number of aliphatic hydroxyl groups excluding tert-OH is 1. The van der Waals surface area contributed by atoms with Crippen LogP contribution in [0, 0.1) is 5.92 Å². The number of amides is 1. The van der Waals surface area contributed by atoms with Crippen molar-refractivity contribution in [3.05, 3.63) is 35.9 Å². The molecule has 0 bridgehead atoms. The molecule has 0 aromatic heterocycles. The second-order valence-electron chi connectivity index (χ2n) is 5.13. The Kier molecular flexibility index (Phi) is 5.21. The molecule has 19 heavy (non-hydrogen) atoms. The third-order valence-electron chi connectivity index (χ3n) is 3.52. The average Bonchev–Trinajstić information content (AvgIpc) is 2.39. The standard InChI is InChI=1S/C15H21NO3/c17-14(9-12-7-4-8-12)10-16-15(18)19-11-13-5-2-1-3-6-13/h1-3,5-6,12,14,17H,4,7-11H2,(H,16,18). The zero-order valence-corrected chi connectivity index (χ0v) is 11.0. The van der Waals surface area contributed by atoms with Crippen LogP contribution in [0.5, 0.6) is 0 Å². The largest absolute Gasteiger partial charge is 0.445 e. The first-order chi connectivity index (χ1) is 9.24. The second-order valence-corrected chi connectivity index (χ2v) is 5.13. The summed E-state index contributed by atoms with van der Waals surface area (Å²) in [6.45, 7) is 0.523. The molecule has 4 heteroatoms. The lowest BCUT2D eigenvalue weighted by molar-refractivity contribution is 0.103. The minimum Gasteiger partial charge on any atom is -0.445 e. The first-order valence-corrected chi connectivity index (χ1v) is 6.86. The Labute approximate surface area is 113 Å². The lowest BCUT2D eigenvalue weighted by Gasteiger charge is -2.27. The van der Waals surface area contributed by atoms with E-state index in [2.05, 4.69) is 5.32 Å². The molecule has 0 aliphatic heterocycles. The van der Waals surface area contributed by atoms with E-state index in [0.717, 1.165) is 12.0 Å². The first-order valence-electron chi connectivity index (χ1n) is 6.86. The summed E-state index contributed by atoms with van der Waals surface area (Å²) in [5.41, 5.74) is 0.952. The van der Waals surface area contributed by atoms with Gasteiger partial charge in [0.2, 0.25) is 0 Å². The monoisotopic (exact) mass is 263 g/mol. The topological polar surface area (TPSA) is 58.6 Å². The predicted molar refractivity (Wildman–Crippen MR) is 72.6 cm³/mol. The Morgan fingerprint density at radius 1 is 1.37 bits per heavy atom. The number of hydrogen-bond donors (Lipinski definition) is 2. The van der Waals surface area contributed by atoms with E-state index in [1.165, 1.54) is 19.3 Å². The summed E-state index contributed by atoms with van der Waals surface area (Å²) in [6.07, 6.45) is 3.51. The SMILES string of the molecule is O=C(NCC(O)CC1CCC1)OCc1ccccc1. The smallest absolute Gasteiger partial charge is 0.407 e. The van der Waals surface area contributed by atoms with Gasteiger partial charge in [0.25, 0.3) is 0 Å². The van der Waals surface area contributed by atoms with Crippen molar-refractivity contribution in [3.63, 3.8) is 0 Å². The number of nitrogens with one attached hydrogen (secondary N) is 1. The average molecular weight is 263 g/mol. The van der Waals surface area contributed by atoms with Gasteiger partial charge < -0.3 is 15.2 Å². The number of ether oxygens (including phenoxy) is 1. The molecular weight excluding hydrogens is 242 g/mol. The number of rotatable bonds is 6. The van der Waals surface area contributed by atoms with Gasteiger partial charge >= 0.3 is 6.09 Å². The minimum atomic E-state index is -0.475. The van der Waals surface area contributed by atoms with Gasteiger partial charge in [-0.1, -0.05) is 49.6 Å². The van der Waals surface area contributed by atoms with E-state index in [4.69, 9.17) is 4.74 Å². The maximum Gasteiger partial charge on any atom is 0.407 e. The van der Waals surface area contributed by atoms with Crippen LogP contribution in [0.3, 0.4) is 0 Å². The number of benzene rings is 1. The van der Waals surface area contributed by atoms with E-state index in [9.17, 15) is 9.90 Å². The Hall–Kier alpha value is -1.55. The highest BCUT2D eigenvalue weighted by molar-refractivity contribution is 5.67. The zero-order valence-electron chi connectivity index (χ0n) is 11.0. The summed E-state index contributed by atoms with van der Waals surface area (Å²) in [5, 5.41) is 12.3.